The second-order valence-corrected chi connectivity index (χ2v) is 11.1. The molecule has 3 aromatic carbocycles. The second kappa shape index (κ2) is 11.7. The van der Waals surface area contributed by atoms with E-state index in [0.717, 1.165) is 21.2 Å². The van der Waals surface area contributed by atoms with Gasteiger partial charge in [0, 0.05) is 4.47 Å². The average molecular weight is 618 g/mol. The van der Waals surface area contributed by atoms with E-state index in [2.05, 4.69) is 21.2 Å². The summed E-state index contributed by atoms with van der Waals surface area (Å²) in [5, 5.41) is 3.24. The fourth-order valence-corrected chi connectivity index (χ4v) is 5.62. The minimum Gasteiger partial charge on any atom is -0.495 e. The van der Waals surface area contributed by atoms with Gasteiger partial charge in [-0.1, -0.05) is 47.7 Å². The molecule has 4 rings (SSSR count). The predicted molar refractivity (Wildman–Crippen MR) is 158 cm³/mol. The van der Waals surface area contributed by atoms with E-state index in [-0.39, 0.29) is 18.4 Å². The molecule has 3 aromatic rings. The molecule has 0 atom stereocenters. The SMILES string of the molecule is COc1ccc(N2C(=O)/C(=C\c3ccc(OCC(=O)Nc4cc(C)c(C)cc4Br)cc3)SC2=S)cc1Cl. The molecule has 1 saturated heterocycles. The van der Waals surface area contributed by atoms with E-state index in [1.165, 1.54) is 23.8 Å². The van der Waals surface area contributed by atoms with Gasteiger partial charge >= 0.3 is 0 Å². The highest BCUT2D eigenvalue weighted by atomic mass is 79.9. The van der Waals surface area contributed by atoms with Gasteiger partial charge in [-0.3, -0.25) is 14.5 Å². The Kier molecular flexibility index (Phi) is 8.59. The number of carbonyl (C=O) groups is 2. The first-order valence-electron chi connectivity index (χ1n) is 11.1. The lowest BCUT2D eigenvalue weighted by atomic mass is 10.1. The molecule has 6 nitrogen and oxygen atoms in total. The van der Waals surface area contributed by atoms with Crippen LogP contribution in [0.1, 0.15) is 16.7 Å². The van der Waals surface area contributed by atoms with E-state index in [1.807, 2.05) is 38.1 Å². The van der Waals surface area contributed by atoms with Gasteiger partial charge in [0.05, 0.1) is 28.4 Å². The Morgan fingerprint density at radius 2 is 1.84 bits per heavy atom. The first-order valence-corrected chi connectivity index (χ1v) is 13.5. The molecule has 37 heavy (non-hydrogen) atoms. The van der Waals surface area contributed by atoms with Crippen LogP contribution in [0, 0.1) is 13.8 Å². The summed E-state index contributed by atoms with van der Waals surface area (Å²) in [6.45, 7) is 3.86. The maximum atomic E-state index is 13.0. The Morgan fingerprint density at radius 1 is 1.14 bits per heavy atom. The number of amides is 2. The highest BCUT2D eigenvalue weighted by molar-refractivity contribution is 9.10. The monoisotopic (exact) mass is 616 g/mol. The van der Waals surface area contributed by atoms with Crippen molar-refractivity contribution in [1.29, 1.82) is 0 Å². The number of hydrogen-bond donors (Lipinski definition) is 1. The zero-order valence-corrected chi connectivity index (χ0v) is 24.1. The van der Waals surface area contributed by atoms with Gasteiger partial charge in [-0.15, -0.1) is 0 Å². The van der Waals surface area contributed by atoms with Crippen molar-refractivity contribution >= 4 is 85.1 Å². The highest BCUT2D eigenvalue weighted by Gasteiger charge is 2.33. The average Bonchev–Trinajstić information content (AvgIpc) is 3.14. The summed E-state index contributed by atoms with van der Waals surface area (Å²) in [5.41, 5.74) is 4.28. The molecule has 0 radical (unpaired) electrons. The van der Waals surface area contributed by atoms with Gasteiger partial charge in [-0.05, 0) is 95.0 Å². The Bertz CT molecular complexity index is 1430. The molecule has 0 spiro atoms. The van der Waals surface area contributed by atoms with Crippen LogP contribution in [0.5, 0.6) is 11.5 Å². The van der Waals surface area contributed by atoms with Crippen molar-refractivity contribution in [2.45, 2.75) is 13.8 Å². The predicted octanol–water partition coefficient (Wildman–Crippen LogP) is 7.15. The number of carbonyl (C=O) groups excluding carboxylic acids is 2. The van der Waals surface area contributed by atoms with E-state index >= 15 is 0 Å². The first kappa shape index (κ1) is 27.2. The van der Waals surface area contributed by atoms with Crippen molar-refractivity contribution in [2.24, 2.45) is 0 Å². The van der Waals surface area contributed by atoms with E-state index in [0.29, 0.717) is 37.1 Å². The van der Waals surface area contributed by atoms with E-state index in [4.69, 9.17) is 33.3 Å². The van der Waals surface area contributed by atoms with Crippen molar-refractivity contribution in [2.75, 3.05) is 23.9 Å². The first-order chi connectivity index (χ1) is 17.7. The molecular formula is C27H22BrClN2O4S2. The second-order valence-electron chi connectivity index (χ2n) is 8.16. The Labute approximate surface area is 238 Å². The molecule has 1 N–H and O–H groups in total. The largest absolute Gasteiger partial charge is 0.495 e. The van der Waals surface area contributed by atoms with Crippen LogP contribution in [0.2, 0.25) is 5.02 Å². The maximum Gasteiger partial charge on any atom is 0.270 e. The lowest BCUT2D eigenvalue weighted by Crippen LogP contribution is -2.27. The maximum absolute atomic E-state index is 13.0. The van der Waals surface area contributed by atoms with Crippen molar-refractivity contribution < 1.29 is 19.1 Å². The van der Waals surface area contributed by atoms with E-state index in [1.54, 1.807) is 36.4 Å². The summed E-state index contributed by atoms with van der Waals surface area (Å²) >= 11 is 16.3. The van der Waals surface area contributed by atoms with Crippen LogP contribution in [0.3, 0.4) is 0 Å². The number of anilines is 2. The number of methoxy groups -OCH3 is 1. The topological polar surface area (TPSA) is 67.9 Å². The van der Waals surface area contributed by atoms with Gasteiger partial charge in [0.25, 0.3) is 11.8 Å². The third-order valence-electron chi connectivity index (χ3n) is 5.59. The number of aryl methyl sites for hydroxylation is 2. The van der Waals surface area contributed by atoms with Gasteiger partial charge in [-0.2, -0.15) is 0 Å². The number of halogens is 2. The zero-order chi connectivity index (χ0) is 26.7. The normalized spacial score (nSPS) is 14.3. The van der Waals surface area contributed by atoms with Gasteiger partial charge in [-0.25, -0.2) is 0 Å². The molecule has 0 unspecified atom stereocenters. The molecule has 2 amide bonds. The molecule has 1 aliphatic heterocycles. The summed E-state index contributed by atoms with van der Waals surface area (Å²) in [6.07, 6.45) is 1.76. The number of thioether (sulfide) groups is 1. The van der Waals surface area contributed by atoms with Crippen LogP contribution in [-0.4, -0.2) is 29.9 Å². The number of nitrogens with one attached hydrogen (secondary N) is 1. The fourth-order valence-electron chi connectivity index (χ4n) is 3.51. The summed E-state index contributed by atoms with van der Waals surface area (Å²) in [7, 11) is 1.53. The molecule has 10 heteroatoms. The molecular weight excluding hydrogens is 596 g/mol. The van der Waals surface area contributed by atoms with Crippen LogP contribution in [0.15, 0.2) is 64.0 Å². The minimum absolute atomic E-state index is 0.137. The third kappa shape index (κ3) is 6.35. The minimum atomic E-state index is -0.268. The smallest absolute Gasteiger partial charge is 0.270 e. The van der Waals surface area contributed by atoms with E-state index < -0.39 is 0 Å². The lowest BCUT2D eigenvalue weighted by Gasteiger charge is -2.15. The Morgan fingerprint density at radius 3 is 2.51 bits per heavy atom. The number of thiocarbonyl (C=S) groups is 1. The molecule has 1 aliphatic rings. The number of rotatable bonds is 7. The quantitative estimate of drug-likeness (QED) is 0.224. The van der Waals surface area contributed by atoms with Crippen molar-refractivity contribution in [3.05, 3.63) is 85.7 Å². The molecule has 0 saturated carbocycles. The molecule has 0 aromatic heterocycles. The van der Waals surface area contributed by atoms with E-state index in [9.17, 15) is 9.59 Å². The summed E-state index contributed by atoms with van der Waals surface area (Å²) in [6, 6.07) is 16.1. The molecule has 1 fully saturated rings. The highest BCUT2D eigenvalue weighted by Crippen LogP contribution is 2.38. The van der Waals surface area contributed by atoms with Crippen LogP contribution in [0.25, 0.3) is 6.08 Å². The van der Waals surface area contributed by atoms with Crippen molar-refractivity contribution in [1.82, 2.24) is 0 Å². The zero-order valence-electron chi connectivity index (χ0n) is 20.1. The van der Waals surface area contributed by atoms with Crippen LogP contribution in [0.4, 0.5) is 11.4 Å². The summed E-state index contributed by atoms with van der Waals surface area (Å²) in [4.78, 5) is 27.3. The number of nitrogens with zero attached hydrogens (tertiary/aromatic N) is 1. The fraction of sp³-hybridized carbons (Fsp3) is 0.148. The van der Waals surface area contributed by atoms with Crippen LogP contribution >= 0.6 is 51.5 Å². The standard InChI is InChI=1S/C27H22BrClN2O4S2/c1-15-10-20(28)22(11-16(15)2)30-25(32)14-35-19-7-4-17(5-8-19)12-24-26(33)31(27(36)37-24)18-6-9-23(34-3)21(29)13-18/h4-13H,14H2,1-3H3,(H,30,32)/b24-12+. The van der Waals surface area contributed by atoms with Gasteiger partial charge in [0.2, 0.25) is 0 Å². The molecule has 190 valence electrons. The van der Waals surface area contributed by atoms with Crippen LogP contribution < -0.4 is 19.7 Å². The molecule has 1 heterocycles. The summed E-state index contributed by atoms with van der Waals surface area (Å²) in [5.74, 6) is 0.553. The number of hydrogen-bond acceptors (Lipinski definition) is 6. The van der Waals surface area contributed by atoms with Gasteiger partial charge in [0.15, 0.2) is 10.9 Å². The number of ether oxygens (including phenoxy) is 2. The van der Waals surface area contributed by atoms with Gasteiger partial charge in [0.1, 0.15) is 11.5 Å². The van der Waals surface area contributed by atoms with Crippen molar-refractivity contribution in [3.8, 4) is 11.5 Å². The Hall–Kier alpha value is -2.85. The van der Waals surface area contributed by atoms with Crippen LogP contribution in [-0.2, 0) is 9.59 Å². The Balaban J connectivity index is 1.38. The van der Waals surface area contributed by atoms with Crippen molar-refractivity contribution in [3.63, 3.8) is 0 Å². The summed E-state index contributed by atoms with van der Waals surface area (Å²) < 4.78 is 12.0. The molecule has 0 bridgehead atoms. The lowest BCUT2D eigenvalue weighted by molar-refractivity contribution is -0.118. The third-order valence-corrected chi connectivity index (χ3v) is 7.85. The molecule has 0 aliphatic carbocycles. The number of benzene rings is 3. The van der Waals surface area contributed by atoms with Gasteiger partial charge < -0.3 is 14.8 Å².